The van der Waals surface area contributed by atoms with E-state index < -0.39 is 46.3 Å². The van der Waals surface area contributed by atoms with Crippen molar-refractivity contribution in [1.29, 1.82) is 0 Å². The van der Waals surface area contributed by atoms with Gasteiger partial charge in [0.15, 0.2) is 0 Å². The second-order valence-electron chi connectivity index (χ2n) is 7.57. The number of benzene rings is 3. The molecule has 0 N–H and O–H groups in total. The maximum Gasteiger partial charge on any atom is 0.432 e. The van der Waals surface area contributed by atoms with Crippen LogP contribution in [-0.4, -0.2) is 6.61 Å². The van der Waals surface area contributed by atoms with Gasteiger partial charge >= 0.3 is 6.11 Å². The number of hydrogen-bond donors (Lipinski definition) is 0. The van der Waals surface area contributed by atoms with Gasteiger partial charge in [-0.2, -0.15) is 8.78 Å². The van der Waals surface area contributed by atoms with E-state index in [0.29, 0.717) is 24.3 Å². The smallest absolute Gasteiger partial charge is 0.429 e. The van der Waals surface area contributed by atoms with Crippen LogP contribution in [0.2, 0.25) is 0 Å². The third-order valence-electron chi connectivity index (χ3n) is 5.38. The Morgan fingerprint density at radius 2 is 1.44 bits per heavy atom. The molecule has 1 atom stereocenters. The molecular formula is C24H18F6O2. The first kappa shape index (κ1) is 22.2. The van der Waals surface area contributed by atoms with Crippen LogP contribution in [0.3, 0.4) is 0 Å². The summed E-state index contributed by atoms with van der Waals surface area (Å²) in [6, 6.07) is 9.31. The van der Waals surface area contributed by atoms with E-state index >= 15 is 0 Å². The summed E-state index contributed by atoms with van der Waals surface area (Å²) in [7, 11) is 0. The molecule has 0 radical (unpaired) electrons. The molecule has 168 valence electrons. The fourth-order valence-corrected chi connectivity index (χ4v) is 3.63. The van der Waals surface area contributed by atoms with Crippen molar-refractivity contribution in [1.82, 2.24) is 0 Å². The number of rotatable bonds is 5. The van der Waals surface area contributed by atoms with Crippen LogP contribution >= 0.6 is 0 Å². The highest BCUT2D eigenvalue weighted by molar-refractivity contribution is 5.64. The van der Waals surface area contributed by atoms with Gasteiger partial charge in [0.1, 0.15) is 34.6 Å². The van der Waals surface area contributed by atoms with Crippen molar-refractivity contribution in [2.45, 2.75) is 32.0 Å². The summed E-state index contributed by atoms with van der Waals surface area (Å²) in [6.07, 6.45) is -2.72. The quantitative estimate of drug-likeness (QED) is 0.381. The molecule has 0 aliphatic carbocycles. The molecule has 1 saturated heterocycles. The van der Waals surface area contributed by atoms with Crippen LogP contribution in [0.25, 0.3) is 11.1 Å². The summed E-state index contributed by atoms with van der Waals surface area (Å²) in [5.41, 5.74) is -0.665. The van der Waals surface area contributed by atoms with Gasteiger partial charge in [-0.3, -0.25) is 0 Å². The number of alkyl halides is 2. The Morgan fingerprint density at radius 3 is 1.97 bits per heavy atom. The van der Waals surface area contributed by atoms with Gasteiger partial charge in [0.2, 0.25) is 0 Å². The zero-order valence-corrected chi connectivity index (χ0v) is 16.9. The van der Waals surface area contributed by atoms with Crippen molar-refractivity contribution in [3.05, 3.63) is 88.5 Å². The van der Waals surface area contributed by atoms with Gasteiger partial charge in [0.05, 0.1) is 6.10 Å². The molecule has 1 fully saturated rings. The molecule has 0 bridgehead atoms. The highest BCUT2D eigenvalue weighted by Gasteiger charge is 2.41. The third-order valence-corrected chi connectivity index (χ3v) is 5.38. The van der Waals surface area contributed by atoms with Crippen molar-refractivity contribution in [3.8, 4) is 16.9 Å². The van der Waals surface area contributed by atoms with Crippen LogP contribution in [-0.2, 0) is 10.8 Å². The Bertz CT molecular complexity index is 1090. The predicted molar refractivity (Wildman–Crippen MR) is 105 cm³/mol. The van der Waals surface area contributed by atoms with E-state index in [1.165, 1.54) is 0 Å². The van der Waals surface area contributed by atoms with E-state index in [4.69, 9.17) is 4.74 Å². The zero-order valence-electron chi connectivity index (χ0n) is 16.9. The van der Waals surface area contributed by atoms with Crippen LogP contribution in [0.5, 0.6) is 5.75 Å². The summed E-state index contributed by atoms with van der Waals surface area (Å²) in [4.78, 5) is 0. The van der Waals surface area contributed by atoms with Gasteiger partial charge in [-0.15, -0.1) is 0 Å². The van der Waals surface area contributed by atoms with Gasteiger partial charge in [0.25, 0.3) is 0 Å². The number of halogens is 6. The van der Waals surface area contributed by atoms with Crippen LogP contribution < -0.4 is 4.74 Å². The molecule has 0 saturated carbocycles. The summed E-state index contributed by atoms with van der Waals surface area (Å²) < 4.78 is 95.3. The lowest BCUT2D eigenvalue weighted by atomic mass is 9.99. The number of hydrogen-bond acceptors (Lipinski definition) is 2. The van der Waals surface area contributed by atoms with E-state index in [2.05, 4.69) is 4.74 Å². The van der Waals surface area contributed by atoms with Gasteiger partial charge in [-0.05, 0) is 48.6 Å². The predicted octanol–water partition coefficient (Wildman–Crippen LogP) is 7.20. The average molecular weight is 452 g/mol. The third kappa shape index (κ3) is 4.32. The fourth-order valence-electron chi connectivity index (χ4n) is 3.63. The van der Waals surface area contributed by atoms with Crippen molar-refractivity contribution >= 4 is 0 Å². The monoisotopic (exact) mass is 452 g/mol. The van der Waals surface area contributed by atoms with E-state index in [0.717, 1.165) is 37.5 Å². The first-order valence-corrected chi connectivity index (χ1v) is 9.89. The fraction of sp³-hybridized carbons (Fsp3) is 0.250. The lowest BCUT2D eigenvalue weighted by Crippen LogP contribution is -2.25. The van der Waals surface area contributed by atoms with E-state index in [1.807, 2.05) is 0 Å². The van der Waals surface area contributed by atoms with Crippen LogP contribution in [0.4, 0.5) is 26.3 Å². The lowest BCUT2D eigenvalue weighted by Gasteiger charge is -2.20. The second-order valence-corrected chi connectivity index (χ2v) is 7.57. The summed E-state index contributed by atoms with van der Waals surface area (Å²) in [5.74, 6) is -6.26. The molecule has 2 nitrogen and oxygen atoms in total. The molecule has 0 spiro atoms. The molecule has 1 unspecified atom stereocenters. The first-order valence-electron chi connectivity index (χ1n) is 9.89. The molecule has 1 aliphatic heterocycles. The molecule has 3 aromatic rings. The Kier molecular flexibility index (Phi) is 5.90. The molecule has 4 rings (SSSR count). The Labute approximate surface area is 180 Å². The van der Waals surface area contributed by atoms with Crippen molar-refractivity contribution in [2.24, 2.45) is 0 Å². The lowest BCUT2D eigenvalue weighted by molar-refractivity contribution is -0.189. The minimum Gasteiger partial charge on any atom is -0.429 e. The second kappa shape index (κ2) is 8.50. The average Bonchev–Trinajstić information content (AvgIpc) is 3.26. The molecule has 32 heavy (non-hydrogen) atoms. The highest BCUT2D eigenvalue weighted by atomic mass is 19.3. The summed E-state index contributed by atoms with van der Waals surface area (Å²) >= 11 is 0. The Balaban J connectivity index is 1.62. The molecule has 1 heterocycles. The van der Waals surface area contributed by atoms with E-state index in [1.54, 1.807) is 24.3 Å². The van der Waals surface area contributed by atoms with Crippen molar-refractivity contribution in [3.63, 3.8) is 0 Å². The molecule has 0 amide bonds. The molecule has 0 aromatic heterocycles. The molecule has 1 aliphatic rings. The maximum absolute atomic E-state index is 14.6. The number of ether oxygens (including phenoxy) is 2. The Hall–Kier alpha value is -3.00. The standard InChI is InChI=1S/C24H18F6O2/c1-13-18(25)11-17(12-19(13)26)32-24(29,30)23-20(27)9-16(10-21(23)28)14-4-6-15(7-5-14)22-3-2-8-31-22/h4-7,9-12,22H,2-3,8H2,1H3. The minimum absolute atomic E-state index is 0.0350. The largest absolute Gasteiger partial charge is 0.432 e. The highest BCUT2D eigenvalue weighted by Crippen LogP contribution is 2.38. The summed E-state index contributed by atoms with van der Waals surface area (Å²) in [5, 5.41) is 0. The van der Waals surface area contributed by atoms with Crippen LogP contribution in [0.15, 0.2) is 48.5 Å². The topological polar surface area (TPSA) is 18.5 Å². The van der Waals surface area contributed by atoms with Gasteiger partial charge in [0, 0.05) is 24.3 Å². The normalized spacial score (nSPS) is 16.4. The Morgan fingerprint density at radius 1 is 0.844 bits per heavy atom. The first-order chi connectivity index (χ1) is 15.2. The van der Waals surface area contributed by atoms with Crippen molar-refractivity contribution in [2.75, 3.05) is 6.61 Å². The maximum atomic E-state index is 14.6. The van der Waals surface area contributed by atoms with E-state index in [9.17, 15) is 26.3 Å². The van der Waals surface area contributed by atoms with Gasteiger partial charge in [-0.1, -0.05) is 24.3 Å². The minimum atomic E-state index is -4.51. The SMILES string of the molecule is Cc1c(F)cc(OC(F)(F)c2c(F)cc(-c3ccc(C4CCCO4)cc3)cc2F)cc1F. The van der Waals surface area contributed by atoms with E-state index in [-0.39, 0.29) is 11.7 Å². The van der Waals surface area contributed by atoms with Crippen LogP contribution in [0, 0.1) is 30.2 Å². The molecule has 8 heteroatoms. The molecule has 3 aromatic carbocycles. The summed E-state index contributed by atoms with van der Waals surface area (Å²) in [6.45, 7) is 1.78. The van der Waals surface area contributed by atoms with Gasteiger partial charge < -0.3 is 9.47 Å². The van der Waals surface area contributed by atoms with Crippen molar-refractivity contribution < 1.29 is 35.8 Å². The van der Waals surface area contributed by atoms with Crippen LogP contribution in [0.1, 0.15) is 35.6 Å². The molecular weight excluding hydrogens is 434 g/mol. The zero-order chi connectivity index (χ0) is 23.0. The van der Waals surface area contributed by atoms with Gasteiger partial charge in [-0.25, -0.2) is 17.6 Å².